The molecule has 0 amide bonds. The van der Waals surface area contributed by atoms with Crippen LogP contribution >= 0.6 is 0 Å². The number of benzene rings is 2. The molecule has 5 atom stereocenters. The molecule has 2 aromatic rings. The van der Waals surface area contributed by atoms with Crippen LogP contribution in [0.4, 0.5) is 0 Å². The lowest BCUT2D eigenvalue weighted by Crippen LogP contribution is -2.43. The normalized spacial score (nSPS) is 29.9. The van der Waals surface area contributed by atoms with Crippen LogP contribution in [0.3, 0.4) is 0 Å². The van der Waals surface area contributed by atoms with Crippen molar-refractivity contribution in [2.24, 2.45) is 17.3 Å². The summed E-state index contributed by atoms with van der Waals surface area (Å²) in [6, 6.07) is 7.97. The van der Waals surface area contributed by atoms with E-state index in [2.05, 4.69) is 13.0 Å². The molecule has 2 fully saturated rings. The molecule has 2 aromatic carbocycles. The van der Waals surface area contributed by atoms with Crippen LogP contribution in [0.25, 0.3) is 12.2 Å². The zero-order valence-electron chi connectivity index (χ0n) is 20.6. The van der Waals surface area contributed by atoms with Gasteiger partial charge < -0.3 is 24.4 Å². The molecular formula is C29H36O5. The van der Waals surface area contributed by atoms with E-state index in [1.54, 1.807) is 21.3 Å². The molecule has 0 aromatic heterocycles. The number of aliphatic hydroxyl groups excluding tert-OH is 1. The highest BCUT2D eigenvalue weighted by Gasteiger charge is 2.54. The van der Waals surface area contributed by atoms with Gasteiger partial charge in [0.2, 0.25) is 5.75 Å². The van der Waals surface area contributed by atoms with Crippen molar-refractivity contribution >= 4 is 12.2 Å². The lowest BCUT2D eigenvalue weighted by atomic mass is 9.55. The van der Waals surface area contributed by atoms with E-state index in [9.17, 15) is 10.2 Å². The van der Waals surface area contributed by atoms with Gasteiger partial charge in [0.25, 0.3) is 0 Å². The molecule has 0 unspecified atom stereocenters. The molecule has 0 spiro atoms. The van der Waals surface area contributed by atoms with Crippen LogP contribution in [0.5, 0.6) is 23.0 Å². The minimum absolute atomic E-state index is 0.0742. The van der Waals surface area contributed by atoms with E-state index in [1.807, 2.05) is 30.4 Å². The minimum atomic E-state index is -0.156. The highest BCUT2D eigenvalue weighted by molar-refractivity contribution is 5.75. The standard InChI is InChI=1S/C29H36O5/c1-29-12-11-20-21(23(29)9-10-27(29)31)8-7-18-16-24(30)19(15-22(18)20)6-5-17-13-25(32-2)28(34-4)26(14-17)33-3/h5-6,13-16,20-21,23,27,30-31H,7-12H2,1-4H3/b6-5-/t20-,21+,23-,27-,29-/m0/s1. The van der Waals surface area contributed by atoms with Gasteiger partial charge in [0.1, 0.15) is 5.75 Å². The van der Waals surface area contributed by atoms with E-state index >= 15 is 0 Å². The summed E-state index contributed by atoms with van der Waals surface area (Å²) in [6.07, 6.45) is 10.2. The van der Waals surface area contributed by atoms with Crippen LogP contribution in [-0.2, 0) is 6.42 Å². The van der Waals surface area contributed by atoms with Crippen LogP contribution in [-0.4, -0.2) is 37.6 Å². The first-order chi connectivity index (χ1) is 16.4. The highest BCUT2D eigenvalue weighted by Crippen LogP contribution is 2.61. The number of methoxy groups -OCH3 is 3. The van der Waals surface area contributed by atoms with Gasteiger partial charge in [0.05, 0.1) is 27.4 Å². The Kier molecular flexibility index (Phi) is 6.01. The van der Waals surface area contributed by atoms with Crippen molar-refractivity contribution in [2.75, 3.05) is 21.3 Å². The van der Waals surface area contributed by atoms with Gasteiger partial charge in [-0.15, -0.1) is 0 Å². The Labute approximate surface area is 202 Å². The lowest BCUT2D eigenvalue weighted by Gasteiger charge is -2.50. The van der Waals surface area contributed by atoms with E-state index in [0.29, 0.717) is 40.8 Å². The third-order valence-corrected chi connectivity index (χ3v) is 8.96. The fraction of sp³-hybridized carbons (Fsp3) is 0.517. The second kappa shape index (κ2) is 8.84. The maximum atomic E-state index is 10.8. The molecule has 0 radical (unpaired) electrons. The molecule has 5 rings (SSSR count). The number of rotatable bonds is 5. The maximum Gasteiger partial charge on any atom is 0.203 e. The summed E-state index contributed by atoms with van der Waals surface area (Å²) in [5, 5.41) is 21.5. The Morgan fingerprint density at radius 2 is 1.65 bits per heavy atom. The fourth-order valence-corrected chi connectivity index (χ4v) is 7.12. The van der Waals surface area contributed by atoms with Crippen molar-refractivity contribution < 1.29 is 24.4 Å². The number of hydrogen-bond donors (Lipinski definition) is 2. The molecule has 182 valence electrons. The van der Waals surface area contributed by atoms with Crippen molar-refractivity contribution in [3.05, 3.63) is 46.5 Å². The van der Waals surface area contributed by atoms with E-state index < -0.39 is 0 Å². The van der Waals surface area contributed by atoms with Gasteiger partial charge in [0.15, 0.2) is 11.5 Å². The van der Waals surface area contributed by atoms with E-state index in [-0.39, 0.29) is 11.5 Å². The molecule has 0 saturated heterocycles. The summed E-state index contributed by atoms with van der Waals surface area (Å²) < 4.78 is 16.4. The molecule has 2 N–H and O–H groups in total. The quantitative estimate of drug-likeness (QED) is 0.547. The summed E-state index contributed by atoms with van der Waals surface area (Å²) >= 11 is 0. The Morgan fingerprint density at radius 1 is 0.912 bits per heavy atom. The lowest BCUT2D eigenvalue weighted by molar-refractivity contribution is -0.0226. The molecule has 3 aliphatic carbocycles. The highest BCUT2D eigenvalue weighted by atomic mass is 16.5. The molecule has 0 heterocycles. The average molecular weight is 465 g/mol. The SMILES string of the molecule is COc1cc(/C=C\c2cc3c(cc2O)CC[C@@H]2[C@@H]3CC[C@]3(C)[C@@H](O)CC[C@@H]23)cc(OC)c1OC. The number of aliphatic hydroxyl groups is 1. The second-order valence-corrected chi connectivity index (χ2v) is 10.5. The van der Waals surface area contributed by atoms with Gasteiger partial charge in [-0.05, 0) is 103 Å². The summed E-state index contributed by atoms with van der Waals surface area (Å²) in [5.41, 5.74) is 4.48. The second-order valence-electron chi connectivity index (χ2n) is 10.5. The van der Waals surface area contributed by atoms with Gasteiger partial charge in [-0.25, -0.2) is 0 Å². The number of ether oxygens (including phenoxy) is 3. The van der Waals surface area contributed by atoms with Crippen molar-refractivity contribution in [1.29, 1.82) is 0 Å². The Morgan fingerprint density at radius 3 is 2.32 bits per heavy atom. The molecule has 5 nitrogen and oxygen atoms in total. The van der Waals surface area contributed by atoms with Crippen LogP contribution in [0.2, 0.25) is 0 Å². The molecular weight excluding hydrogens is 428 g/mol. The summed E-state index contributed by atoms with van der Waals surface area (Å²) in [6.45, 7) is 2.31. The first-order valence-electron chi connectivity index (χ1n) is 12.4. The van der Waals surface area contributed by atoms with Crippen molar-refractivity contribution in [3.8, 4) is 23.0 Å². The zero-order chi connectivity index (χ0) is 24.0. The predicted molar refractivity (Wildman–Crippen MR) is 134 cm³/mol. The smallest absolute Gasteiger partial charge is 0.203 e. The Balaban J connectivity index is 1.46. The third-order valence-electron chi connectivity index (χ3n) is 8.96. The number of hydrogen-bond acceptors (Lipinski definition) is 5. The summed E-state index contributed by atoms with van der Waals surface area (Å²) in [5.74, 6) is 3.82. The monoisotopic (exact) mass is 464 g/mol. The maximum absolute atomic E-state index is 10.8. The third kappa shape index (κ3) is 3.65. The average Bonchev–Trinajstić information content (AvgIpc) is 3.16. The number of fused-ring (bicyclic) bond motifs is 5. The Bertz CT molecular complexity index is 1080. The molecule has 34 heavy (non-hydrogen) atoms. The molecule has 0 aliphatic heterocycles. The van der Waals surface area contributed by atoms with Gasteiger partial charge >= 0.3 is 0 Å². The largest absolute Gasteiger partial charge is 0.507 e. The van der Waals surface area contributed by atoms with Gasteiger partial charge in [-0.3, -0.25) is 0 Å². The van der Waals surface area contributed by atoms with Crippen molar-refractivity contribution in [2.45, 2.75) is 57.5 Å². The number of aromatic hydroxyl groups is 1. The van der Waals surface area contributed by atoms with Crippen molar-refractivity contribution in [3.63, 3.8) is 0 Å². The topological polar surface area (TPSA) is 68.2 Å². The van der Waals surface area contributed by atoms with E-state index in [0.717, 1.165) is 49.7 Å². The van der Waals surface area contributed by atoms with Crippen LogP contribution in [0.1, 0.15) is 67.2 Å². The molecule has 3 aliphatic rings. The van der Waals surface area contributed by atoms with Gasteiger partial charge in [-0.1, -0.05) is 19.1 Å². The molecule has 5 heteroatoms. The van der Waals surface area contributed by atoms with Crippen LogP contribution in [0, 0.1) is 17.3 Å². The van der Waals surface area contributed by atoms with Gasteiger partial charge in [-0.2, -0.15) is 0 Å². The summed E-state index contributed by atoms with van der Waals surface area (Å²) in [7, 11) is 4.80. The first-order valence-corrected chi connectivity index (χ1v) is 12.4. The van der Waals surface area contributed by atoms with E-state index in [1.165, 1.54) is 11.1 Å². The molecule has 2 saturated carbocycles. The Hall–Kier alpha value is -2.66. The van der Waals surface area contributed by atoms with Gasteiger partial charge in [0, 0.05) is 5.56 Å². The summed E-state index contributed by atoms with van der Waals surface area (Å²) in [4.78, 5) is 0. The molecule has 0 bridgehead atoms. The number of phenolic OH excluding ortho intramolecular Hbond substituents is 1. The number of aryl methyl sites for hydroxylation is 1. The zero-order valence-corrected chi connectivity index (χ0v) is 20.6. The number of phenols is 1. The minimum Gasteiger partial charge on any atom is -0.507 e. The van der Waals surface area contributed by atoms with E-state index in [4.69, 9.17) is 14.2 Å². The van der Waals surface area contributed by atoms with Crippen molar-refractivity contribution in [1.82, 2.24) is 0 Å². The van der Waals surface area contributed by atoms with Crippen LogP contribution < -0.4 is 14.2 Å². The first kappa shape index (κ1) is 23.1. The van der Waals surface area contributed by atoms with Crippen LogP contribution in [0.15, 0.2) is 24.3 Å². The predicted octanol–water partition coefficient (Wildman–Crippen LogP) is 5.81. The fourth-order valence-electron chi connectivity index (χ4n) is 7.12.